The Morgan fingerprint density at radius 3 is 2.12 bits per heavy atom. The molecule has 0 unspecified atom stereocenters. The number of aryl methyl sites for hydroxylation is 1. The average Bonchev–Trinajstić information content (AvgIpc) is 2.50. The fourth-order valence-electron chi connectivity index (χ4n) is 1.86. The van der Waals surface area contributed by atoms with Gasteiger partial charge in [-0.25, -0.2) is 0 Å². The number of rotatable bonds is 2. The standard InChI is InChI=1S/C16H13F3N2O3/c1-9-2-7-13(22)12(8-9)21-15(24)14(23)20-11-5-3-10(4-6-11)16(17,18)19/h2-8,22H,1H3,(H,20,23)(H,21,24). The molecule has 0 saturated carbocycles. The molecule has 24 heavy (non-hydrogen) atoms. The van der Waals surface area contributed by atoms with E-state index >= 15 is 0 Å². The fraction of sp³-hybridized carbons (Fsp3) is 0.125. The molecule has 0 atom stereocenters. The predicted octanol–water partition coefficient (Wildman–Crippen LogP) is 3.30. The van der Waals surface area contributed by atoms with Crippen LogP contribution in [0.15, 0.2) is 42.5 Å². The molecule has 8 heteroatoms. The molecule has 3 N–H and O–H groups in total. The van der Waals surface area contributed by atoms with Gasteiger partial charge >= 0.3 is 18.0 Å². The van der Waals surface area contributed by atoms with Crippen LogP contribution in [0.4, 0.5) is 24.5 Å². The van der Waals surface area contributed by atoms with Crippen molar-refractivity contribution in [2.75, 3.05) is 10.6 Å². The molecule has 0 radical (unpaired) electrons. The van der Waals surface area contributed by atoms with Crippen molar-refractivity contribution >= 4 is 23.2 Å². The van der Waals surface area contributed by atoms with Crippen LogP contribution in [0, 0.1) is 6.92 Å². The van der Waals surface area contributed by atoms with Gasteiger partial charge in [-0.3, -0.25) is 9.59 Å². The van der Waals surface area contributed by atoms with Gasteiger partial charge < -0.3 is 15.7 Å². The molecule has 2 rings (SSSR count). The summed E-state index contributed by atoms with van der Waals surface area (Å²) in [6, 6.07) is 8.11. The molecular weight excluding hydrogens is 325 g/mol. The van der Waals surface area contributed by atoms with E-state index in [0.717, 1.165) is 29.8 Å². The van der Waals surface area contributed by atoms with Gasteiger partial charge in [-0.2, -0.15) is 13.2 Å². The molecule has 126 valence electrons. The molecule has 0 heterocycles. The lowest BCUT2D eigenvalue weighted by Crippen LogP contribution is -2.29. The number of carbonyl (C=O) groups excluding carboxylic acids is 2. The Kier molecular flexibility index (Phi) is 4.77. The van der Waals surface area contributed by atoms with E-state index in [2.05, 4.69) is 10.6 Å². The van der Waals surface area contributed by atoms with Gasteiger partial charge in [-0.15, -0.1) is 0 Å². The molecule has 2 amide bonds. The third kappa shape index (κ3) is 4.25. The van der Waals surface area contributed by atoms with Crippen LogP contribution in [-0.2, 0) is 15.8 Å². The molecule has 0 spiro atoms. The molecule has 5 nitrogen and oxygen atoms in total. The SMILES string of the molecule is Cc1ccc(O)c(NC(=O)C(=O)Nc2ccc(C(F)(F)F)cc2)c1. The van der Waals surface area contributed by atoms with E-state index in [-0.39, 0.29) is 17.1 Å². The maximum atomic E-state index is 12.4. The van der Waals surface area contributed by atoms with E-state index in [1.165, 1.54) is 12.1 Å². The topological polar surface area (TPSA) is 78.4 Å². The van der Waals surface area contributed by atoms with E-state index in [9.17, 15) is 27.9 Å². The smallest absolute Gasteiger partial charge is 0.416 e. The van der Waals surface area contributed by atoms with Crippen LogP contribution in [-0.4, -0.2) is 16.9 Å². The quantitative estimate of drug-likeness (QED) is 0.581. The largest absolute Gasteiger partial charge is 0.506 e. The van der Waals surface area contributed by atoms with Crippen molar-refractivity contribution in [3.63, 3.8) is 0 Å². The number of phenolic OH excluding ortho intramolecular Hbond substituents is 1. The van der Waals surface area contributed by atoms with Crippen molar-refractivity contribution in [2.24, 2.45) is 0 Å². The Labute approximate surface area is 135 Å². The van der Waals surface area contributed by atoms with E-state index in [0.29, 0.717) is 0 Å². The number of hydrogen-bond donors (Lipinski definition) is 3. The van der Waals surface area contributed by atoms with Crippen LogP contribution in [0.25, 0.3) is 0 Å². The van der Waals surface area contributed by atoms with Crippen molar-refractivity contribution in [3.05, 3.63) is 53.6 Å². The van der Waals surface area contributed by atoms with Crippen LogP contribution >= 0.6 is 0 Å². The zero-order valence-corrected chi connectivity index (χ0v) is 12.4. The maximum absolute atomic E-state index is 12.4. The summed E-state index contributed by atoms with van der Waals surface area (Å²) in [5.74, 6) is -2.34. The zero-order valence-electron chi connectivity index (χ0n) is 12.4. The molecule has 0 aliphatic heterocycles. The highest BCUT2D eigenvalue weighted by Crippen LogP contribution is 2.29. The number of halogens is 3. The first kappa shape index (κ1) is 17.3. The van der Waals surface area contributed by atoms with Crippen LogP contribution in [0.2, 0.25) is 0 Å². The molecule has 0 aliphatic rings. The highest BCUT2D eigenvalue weighted by molar-refractivity contribution is 6.43. The van der Waals surface area contributed by atoms with Gasteiger partial charge in [0.2, 0.25) is 0 Å². The lowest BCUT2D eigenvalue weighted by molar-refractivity contribution is -0.137. The summed E-state index contributed by atoms with van der Waals surface area (Å²) in [5, 5.41) is 14.0. The first-order valence-corrected chi connectivity index (χ1v) is 6.76. The first-order valence-electron chi connectivity index (χ1n) is 6.76. The second-order valence-electron chi connectivity index (χ2n) is 5.00. The van der Waals surface area contributed by atoms with Gasteiger partial charge in [0.15, 0.2) is 0 Å². The van der Waals surface area contributed by atoms with Gasteiger partial charge in [0.1, 0.15) is 5.75 Å². The number of nitrogens with one attached hydrogen (secondary N) is 2. The van der Waals surface area contributed by atoms with Crippen molar-refractivity contribution in [3.8, 4) is 5.75 Å². The monoisotopic (exact) mass is 338 g/mol. The van der Waals surface area contributed by atoms with E-state index in [1.807, 2.05) is 0 Å². The first-order chi connectivity index (χ1) is 11.2. The van der Waals surface area contributed by atoms with Gasteiger partial charge in [0.05, 0.1) is 11.3 Å². The van der Waals surface area contributed by atoms with E-state index < -0.39 is 23.6 Å². The Bertz CT molecular complexity index is 771. The van der Waals surface area contributed by atoms with Crippen molar-refractivity contribution < 1.29 is 27.9 Å². The van der Waals surface area contributed by atoms with Crippen LogP contribution in [0.5, 0.6) is 5.75 Å². The van der Waals surface area contributed by atoms with Gasteiger partial charge in [-0.05, 0) is 48.9 Å². The minimum atomic E-state index is -4.48. The van der Waals surface area contributed by atoms with Crippen LogP contribution in [0.3, 0.4) is 0 Å². The lowest BCUT2D eigenvalue weighted by atomic mass is 10.2. The Balaban J connectivity index is 2.04. The number of carbonyl (C=O) groups is 2. The normalized spacial score (nSPS) is 11.0. The van der Waals surface area contributed by atoms with Crippen molar-refractivity contribution in [2.45, 2.75) is 13.1 Å². The molecule has 0 aromatic heterocycles. The molecule has 2 aromatic rings. The van der Waals surface area contributed by atoms with Crippen molar-refractivity contribution in [1.82, 2.24) is 0 Å². The summed E-state index contributed by atoms with van der Waals surface area (Å²) in [4.78, 5) is 23.6. The number of aromatic hydroxyl groups is 1. The molecular formula is C16H13F3N2O3. The number of anilines is 2. The molecule has 0 saturated heterocycles. The maximum Gasteiger partial charge on any atom is 0.416 e. The predicted molar refractivity (Wildman–Crippen MR) is 81.5 cm³/mol. The summed E-state index contributed by atoms with van der Waals surface area (Å²) in [7, 11) is 0. The van der Waals surface area contributed by atoms with Crippen LogP contribution < -0.4 is 10.6 Å². The minimum absolute atomic E-state index is 0.0385. The Hall–Kier alpha value is -3.03. The third-order valence-electron chi connectivity index (χ3n) is 3.08. The molecule has 0 fully saturated rings. The molecule has 0 aliphatic carbocycles. The van der Waals surface area contributed by atoms with Gasteiger partial charge in [0.25, 0.3) is 0 Å². The number of amides is 2. The summed E-state index contributed by atoms with van der Waals surface area (Å²) in [5.41, 5.74) is -0.0138. The van der Waals surface area contributed by atoms with Gasteiger partial charge in [0, 0.05) is 5.69 Å². The van der Waals surface area contributed by atoms with Crippen LogP contribution in [0.1, 0.15) is 11.1 Å². The molecule has 2 aromatic carbocycles. The summed E-state index contributed by atoms with van der Waals surface area (Å²) in [6.07, 6.45) is -4.48. The highest BCUT2D eigenvalue weighted by atomic mass is 19.4. The lowest BCUT2D eigenvalue weighted by Gasteiger charge is -2.10. The number of phenols is 1. The Morgan fingerprint density at radius 1 is 0.958 bits per heavy atom. The van der Waals surface area contributed by atoms with Crippen molar-refractivity contribution in [1.29, 1.82) is 0 Å². The summed E-state index contributed by atoms with van der Waals surface area (Å²) < 4.78 is 37.3. The number of hydrogen-bond acceptors (Lipinski definition) is 3. The highest BCUT2D eigenvalue weighted by Gasteiger charge is 2.30. The van der Waals surface area contributed by atoms with E-state index in [1.54, 1.807) is 13.0 Å². The fourth-order valence-corrected chi connectivity index (χ4v) is 1.86. The zero-order chi connectivity index (χ0) is 17.9. The minimum Gasteiger partial charge on any atom is -0.506 e. The second kappa shape index (κ2) is 6.61. The summed E-state index contributed by atoms with van der Waals surface area (Å²) in [6.45, 7) is 1.73. The average molecular weight is 338 g/mol. The second-order valence-corrected chi connectivity index (χ2v) is 5.00. The molecule has 0 bridgehead atoms. The van der Waals surface area contributed by atoms with Gasteiger partial charge in [-0.1, -0.05) is 6.07 Å². The number of alkyl halides is 3. The Morgan fingerprint density at radius 2 is 1.54 bits per heavy atom. The summed E-state index contributed by atoms with van der Waals surface area (Å²) >= 11 is 0. The third-order valence-corrected chi connectivity index (χ3v) is 3.08. The van der Waals surface area contributed by atoms with E-state index in [4.69, 9.17) is 0 Å². The number of benzene rings is 2.